The van der Waals surface area contributed by atoms with Crippen LogP contribution in [0.15, 0.2) is 47.6 Å². The number of aromatic hydroxyl groups is 2. The van der Waals surface area contributed by atoms with E-state index in [4.69, 9.17) is 9.84 Å². The molecule has 1 amide bonds. The molecule has 2 aromatic carbocycles. The minimum atomic E-state index is -0.537. The molecule has 0 fully saturated rings. The van der Waals surface area contributed by atoms with Crippen LogP contribution in [0.3, 0.4) is 0 Å². The largest absolute Gasteiger partial charge is 0.508 e. The van der Waals surface area contributed by atoms with Crippen molar-refractivity contribution in [1.82, 2.24) is 5.43 Å². The number of ether oxygens (including phenoxy) is 1. The second-order valence-electron chi connectivity index (χ2n) is 4.17. The van der Waals surface area contributed by atoms with Gasteiger partial charge in [0.15, 0.2) is 0 Å². The number of carbonyl (C=O) groups is 1. The maximum absolute atomic E-state index is 11.8. The van der Waals surface area contributed by atoms with E-state index in [1.807, 2.05) is 0 Å². The number of phenols is 2. The number of nitrogens with one attached hydrogen (secondary N) is 1. The van der Waals surface area contributed by atoms with E-state index in [1.54, 1.807) is 18.2 Å². The fourth-order valence-corrected chi connectivity index (χ4v) is 1.62. The number of phenolic OH excluding ortho intramolecular Hbond substituents is 2. The zero-order valence-corrected chi connectivity index (χ0v) is 11.3. The number of rotatable bonds is 4. The van der Waals surface area contributed by atoms with Crippen LogP contribution in [0.5, 0.6) is 17.2 Å². The van der Waals surface area contributed by atoms with Crippen molar-refractivity contribution in [2.45, 2.75) is 0 Å². The zero-order chi connectivity index (χ0) is 15.2. The Labute approximate surface area is 121 Å². The highest BCUT2D eigenvalue weighted by molar-refractivity contribution is 5.97. The van der Waals surface area contributed by atoms with Crippen molar-refractivity contribution < 1.29 is 19.7 Å². The van der Waals surface area contributed by atoms with Gasteiger partial charge in [-0.3, -0.25) is 4.79 Å². The second-order valence-corrected chi connectivity index (χ2v) is 4.17. The molecule has 0 radical (unpaired) electrons. The van der Waals surface area contributed by atoms with Gasteiger partial charge in [-0.2, -0.15) is 5.10 Å². The SMILES string of the molecule is COc1ccc(C(=O)N/N=C\c2ccc(O)cc2)c(O)c1. The lowest BCUT2D eigenvalue weighted by atomic mass is 10.2. The molecule has 0 saturated heterocycles. The van der Waals surface area contributed by atoms with Crippen LogP contribution in [0.2, 0.25) is 0 Å². The molecule has 0 aliphatic carbocycles. The average molecular weight is 286 g/mol. The number of methoxy groups -OCH3 is 1. The van der Waals surface area contributed by atoms with Crippen molar-refractivity contribution in [1.29, 1.82) is 0 Å². The predicted molar refractivity (Wildman–Crippen MR) is 77.8 cm³/mol. The van der Waals surface area contributed by atoms with Crippen LogP contribution in [0.4, 0.5) is 0 Å². The summed E-state index contributed by atoms with van der Waals surface area (Å²) in [4.78, 5) is 11.8. The third kappa shape index (κ3) is 3.73. The third-order valence-electron chi connectivity index (χ3n) is 2.72. The standard InChI is InChI=1S/C15H14N2O4/c1-21-12-6-7-13(14(19)8-12)15(20)17-16-9-10-2-4-11(18)5-3-10/h2-9,18-19H,1H3,(H,17,20)/b16-9-. The van der Waals surface area contributed by atoms with Gasteiger partial charge >= 0.3 is 0 Å². The van der Waals surface area contributed by atoms with E-state index in [2.05, 4.69) is 10.5 Å². The van der Waals surface area contributed by atoms with Gasteiger partial charge in [-0.1, -0.05) is 0 Å². The molecular weight excluding hydrogens is 272 g/mol. The number of carbonyl (C=O) groups excluding carboxylic acids is 1. The maximum atomic E-state index is 11.8. The molecule has 21 heavy (non-hydrogen) atoms. The summed E-state index contributed by atoms with van der Waals surface area (Å²) in [5, 5.41) is 22.6. The first-order valence-corrected chi connectivity index (χ1v) is 6.09. The van der Waals surface area contributed by atoms with Gasteiger partial charge < -0.3 is 14.9 Å². The fourth-order valence-electron chi connectivity index (χ4n) is 1.62. The lowest BCUT2D eigenvalue weighted by molar-refractivity contribution is 0.0952. The van der Waals surface area contributed by atoms with E-state index in [0.29, 0.717) is 11.3 Å². The molecule has 0 aliphatic rings. The molecule has 0 heterocycles. The van der Waals surface area contributed by atoms with Gasteiger partial charge in [-0.15, -0.1) is 0 Å². The Morgan fingerprint density at radius 1 is 1.19 bits per heavy atom. The van der Waals surface area contributed by atoms with Gasteiger partial charge in [0.1, 0.15) is 17.2 Å². The van der Waals surface area contributed by atoms with Gasteiger partial charge in [-0.25, -0.2) is 5.43 Å². The van der Waals surface area contributed by atoms with Crippen LogP contribution in [-0.2, 0) is 0 Å². The minimum Gasteiger partial charge on any atom is -0.508 e. The van der Waals surface area contributed by atoms with Gasteiger partial charge in [0.2, 0.25) is 0 Å². The van der Waals surface area contributed by atoms with Crippen LogP contribution in [0.25, 0.3) is 0 Å². The molecule has 3 N–H and O–H groups in total. The van der Waals surface area contributed by atoms with Crippen molar-refractivity contribution in [3.63, 3.8) is 0 Å². The minimum absolute atomic E-state index is 0.0960. The first-order chi connectivity index (χ1) is 10.1. The molecule has 6 nitrogen and oxygen atoms in total. The number of amides is 1. The smallest absolute Gasteiger partial charge is 0.275 e. The van der Waals surface area contributed by atoms with E-state index < -0.39 is 5.91 Å². The molecule has 0 atom stereocenters. The number of hydrogen-bond acceptors (Lipinski definition) is 5. The Morgan fingerprint density at radius 3 is 2.52 bits per heavy atom. The Kier molecular flexibility index (Phi) is 4.40. The predicted octanol–water partition coefficient (Wildman–Crippen LogP) is 1.87. The average Bonchev–Trinajstić information content (AvgIpc) is 2.49. The van der Waals surface area contributed by atoms with Crippen molar-refractivity contribution in [3.05, 3.63) is 53.6 Å². The molecule has 2 rings (SSSR count). The first-order valence-electron chi connectivity index (χ1n) is 6.09. The van der Waals surface area contributed by atoms with Gasteiger partial charge in [0.25, 0.3) is 5.91 Å². The molecule has 0 saturated carbocycles. The Morgan fingerprint density at radius 2 is 1.90 bits per heavy atom. The van der Waals surface area contributed by atoms with E-state index >= 15 is 0 Å². The summed E-state index contributed by atoms with van der Waals surface area (Å²) in [6.07, 6.45) is 1.43. The molecular formula is C15H14N2O4. The molecule has 2 aromatic rings. The quantitative estimate of drug-likeness (QED) is 0.591. The number of hydrogen-bond donors (Lipinski definition) is 3. The monoisotopic (exact) mass is 286 g/mol. The summed E-state index contributed by atoms with van der Waals surface area (Å²) >= 11 is 0. The normalized spacial score (nSPS) is 10.5. The highest BCUT2D eigenvalue weighted by Crippen LogP contribution is 2.23. The summed E-state index contributed by atoms with van der Waals surface area (Å²) in [5.41, 5.74) is 3.12. The lowest BCUT2D eigenvalue weighted by Gasteiger charge is -2.05. The molecule has 0 unspecified atom stereocenters. The highest BCUT2D eigenvalue weighted by atomic mass is 16.5. The molecule has 108 valence electrons. The molecule has 0 aromatic heterocycles. The summed E-state index contributed by atoms with van der Waals surface area (Å²) in [7, 11) is 1.47. The lowest BCUT2D eigenvalue weighted by Crippen LogP contribution is -2.17. The summed E-state index contributed by atoms with van der Waals surface area (Å²) in [6.45, 7) is 0. The highest BCUT2D eigenvalue weighted by Gasteiger charge is 2.10. The zero-order valence-electron chi connectivity index (χ0n) is 11.3. The van der Waals surface area contributed by atoms with Gasteiger partial charge in [0.05, 0.1) is 18.9 Å². The Hall–Kier alpha value is -3.02. The number of benzene rings is 2. The van der Waals surface area contributed by atoms with E-state index in [1.165, 1.54) is 37.6 Å². The van der Waals surface area contributed by atoms with Crippen LogP contribution in [-0.4, -0.2) is 29.4 Å². The van der Waals surface area contributed by atoms with E-state index in [9.17, 15) is 9.90 Å². The number of hydrazone groups is 1. The summed E-state index contributed by atoms with van der Waals surface area (Å²) < 4.78 is 4.94. The maximum Gasteiger partial charge on any atom is 0.275 e. The number of nitrogens with zero attached hydrogens (tertiary/aromatic N) is 1. The fraction of sp³-hybridized carbons (Fsp3) is 0.0667. The third-order valence-corrected chi connectivity index (χ3v) is 2.72. The first kappa shape index (κ1) is 14.4. The Balaban J connectivity index is 2.03. The molecule has 0 spiro atoms. The van der Waals surface area contributed by atoms with Gasteiger partial charge in [0, 0.05) is 6.07 Å². The molecule has 0 aliphatic heterocycles. The topological polar surface area (TPSA) is 91.2 Å². The van der Waals surface area contributed by atoms with Crippen LogP contribution in [0, 0.1) is 0 Å². The molecule has 6 heteroatoms. The van der Waals surface area contributed by atoms with Crippen molar-refractivity contribution in [3.8, 4) is 17.2 Å². The molecule has 0 bridgehead atoms. The van der Waals surface area contributed by atoms with Gasteiger partial charge in [-0.05, 0) is 42.0 Å². The van der Waals surface area contributed by atoms with Crippen molar-refractivity contribution in [2.24, 2.45) is 5.10 Å². The van der Waals surface area contributed by atoms with Crippen molar-refractivity contribution >= 4 is 12.1 Å². The Bertz CT molecular complexity index is 666. The van der Waals surface area contributed by atoms with Crippen LogP contribution < -0.4 is 10.2 Å². The van der Waals surface area contributed by atoms with E-state index in [0.717, 1.165) is 0 Å². The second kappa shape index (κ2) is 6.42. The van der Waals surface area contributed by atoms with Crippen LogP contribution >= 0.6 is 0 Å². The van der Waals surface area contributed by atoms with Crippen LogP contribution in [0.1, 0.15) is 15.9 Å². The van der Waals surface area contributed by atoms with Crippen molar-refractivity contribution in [2.75, 3.05) is 7.11 Å². The summed E-state index contributed by atoms with van der Waals surface area (Å²) in [6, 6.07) is 10.7. The summed E-state index contributed by atoms with van der Waals surface area (Å²) in [5.74, 6) is -0.118. The van der Waals surface area contributed by atoms with E-state index in [-0.39, 0.29) is 17.1 Å².